The first-order valence-electron chi connectivity index (χ1n) is 5.83. The third-order valence-electron chi connectivity index (χ3n) is 3.11. The standard InChI is InChI=1S/C11H18N2O2S2/c1-8-6-7-11(16-8)17(14,15)13-10-5-3-2-4-9(10)12/h6-7,9-10,13H,2-5,12H2,1H3. The summed E-state index contributed by atoms with van der Waals surface area (Å²) in [4.78, 5) is 0.998. The Morgan fingerprint density at radius 1 is 1.35 bits per heavy atom. The number of rotatable bonds is 3. The fraction of sp³-hybridized carbons (Fsp3) is 0.636. The average Bonchev–Trinajstić information content (AvgIpc) is 2.69. The van der Waals surface area contributed by atoms with Crippen LogP contribution >= 0.6 is 11.3 Å². The van der Waals surface area contributed by atoms with E-state index in [1.54, 1.807) is 6.07 Å². The number of aryl methyl sites for hydroxylation is 1. The number of sulfonamides is 1. The maximum atomic E-state index is 12.1. The van der Waals surface area contributed by atoms with E-state index in [0.29, 0.717) is 4.21 Å². The minimum atomic E-state index is -3.38. The molecule has 1 aliphatic carbocycles. The van der Waals surface area contributed by atoms with Crippen molar-refractivity contribution in [1.29, 1.82) is 0 Å². The van der Waals surface area contributed by atoms with Crippen molar-refractivity contribution in [3.05, 3.63) is 17.0 Å². The summed E-state index contributed by atoms with van der Waals surface area (Å²) in [5.41, 5.74) is 5.95. The van der Waals surface area contributed by atoms with E-state index in [0.717, 1.165) is 30.6 Å². The molecular weight excluding hydrogens is 256 g/mol. The molecule has 1 heterocycles. The van der Waals surface area contributed by atoms with Gasteiger partial charge in [-0.1, -0.05) is 12.8 Å². The fourth-order valence-electron chi connectivity index (χ4n) is 2.12. The molecule has 1 saturated carbocycles. The second-order valence-corrected chi connectivity index (χ2v) is 7.77. The lowest BCUT2D eigenvalue weighted by Gasteiger charge is -2.28. The summed E-state index contributed by atoms with van der Waals surface area (Å²) in [6.07, 6.45) is 3.88. The topological polar surface area (TPSA) is 72.2 Å². The molecule has 0 radical (unpaired) electrons. The van der Waals surface area contributed by atoms with Gasteiger partial charge in [-0.2, -0.15) is 0 Å². The van der Waals surface area contributed by atoms with Crippen LogP contribution in [0.2, 0.25) is 0 Å². The molecule has 0 aromatic carbocycles. The van der Waals surface area contributed by atoms with Gasteiger partial charge in [0.15, 0.2) is 0 Å². The quantitative estimate of drug-likeness (QED) is 0.879. The number of nitrogens with two attached hydrogens (primary N) is 1. The predicted molar refractivity (Wildman–Crippen MR) is 69.6 cm³/mol. The van der Waals surface area contributed by atoms with Crippen molar-refractivity contribution in [3.63, 3.8) is 0 Å². The van der Waals surface area contributed by atoms with Crippen molar-refractivity contribution in [1.82, 2.24) is 4.72 Å². The van der Waals surface area contributed by atoms with Gasteiger partial charge in [-0.05, 0) is 31.9 Å². The normalized spacial score (nSPS) is 26.0. The zero-order chi connectivity index (χ0) is 12.5. The van der Waals surface area contributed by atoms with Crippen molar-refractivity contribution in [2.75, 3.05) is 0 Å². The highest BCUT2D eigenvalue weighted by atomic mass is 32.2. The molecule has 96 valence electrons. The Labute approximate surface area is 106 Å². The first kappa shape index (κ1) is 13.0. The number of hydrogen-bond donors (Lipinski definition) is 2. The molecular formula is C11H18N2O2S2. The minimum Gasteiger partial charge on any atom is -0.326 e. The van der Waals surface area contributed by atoms with E-state index in [4.69, 9.17) is 5.73 Å². The highest BCUT2D eigenvalue weighted by Gasteiger charge is 2.27. The Bertz CT molecular complexity index is 481. The van der Waals surface area contributed by atoms with Crippen LogP contribution in [0.5, 0.6) is 0 Å². The third kappa shape index (κ3) is 3.07. The maximum Gasteiger partial charge on any atom is 0.250 e. The molecule has 1 aromatic rings. The van der Waals surface area contributed by atoms with Crippen LogP contribution in [0, 0.1) is 6.92 Å². The Kier molecular flexibility index (Phi) is 3.87. The van der Waals surface area contributed by atoms with Crippen molar-refractivity contribution >= 4 is 21.4 Å². The molecule has 1 aliphatic rings. The van der Waals surface area contributed by atoms with Gasteiger partial charge < -0.3 is 5.73 Å². The van der Waals surface area contributed by atoms with Crippen LogP contribution in [-0.2, 0) is 10.0 Å². The Hall–Kier alpha value is -0.430. The summed E-state index contributed by atoms with van der Waals surface area (Å²) in [6, 6.07) is 3.30. The van der Waals surface area contributed by atoms with Crippen LogP contribution < -0.4 is 10.5 Å². The van der Waals surface area contributed by atoms with Crippen LogP contribution in [0.15, 0.2) is 16.3 Å². The second-order valence-electron chi connectivity index (χ2n) is 4.54. The van der Waals surface area contributed by atoms with Gasteiger partial charge in [0.05, 0.1) is 0 Å². The summed E-state index contributed by atoms with van der Waals surface area (Å²) < 4.78 is 27.3. The Balaban J connectivity index is 2.11. The monoisotopic (exact) mass is 274 g/mol. The van der Waals surface area contributed by atoms with Crippen molar-refractivity contribution < 1.29 is 8.42 Å². The van der Waals surface area contributed by atoms with Gasteiger partial charge >= 0.3 is 0 Å². The van der Waals surface area contributed by atoms with E-state index < -0.39 is 10.0 Å². The Morgan fingerprint density at radius 3 is 2.65 bits per heavy atom. The van der Waals surface area contributed by atoms with Crippen molar-refractivity contribution in [2.24, 2.45) is 5.73 Å². The molecule has 2 rings (SSSR count). The molecule has 0 aliphatic heterocycles. The molecule has 0 saturated heterocycles. The maximum absolute atomic E-state index is 12.1. The molecule has 0 spiro atoms. The second kappa shape index (κ2) is 5.06. The zero-order valence-electron chi connectivity index (χ0n) is 9.85. The first-order valence-corrected chi connectivity index (χ1v) is 8.13. The van der Waals surface area contributed by atoms with E-state index in [1.807, 2.05) is 13.0 Å². The molecule has 2 unspecified atom stereocenters. The molecule has 6 heteroatoms. The smallest absolute Gasteiger partial charge is 0.250 e. The summed E-state index contributed by atoms with van der Waals surface area (Å²) in [6.45, 7) is 1.90. The van der Waals surface area contributed by atoms with Crippen molar-refractivity contribution in [2.45, 2.75) is 48.9 Å². The van der Waals surface area contributed by atoms with E-state index in [-0.39, 0.29) is 12.1 Å². The molecule has 1 fully saturated rings. The van der Waals surface area contributed by atoms with Gasteiger partial charge in [0.1, 0.15) is 4.21 Å². The lowest BCUT2D eigenvalue weighted by atomic mass is 9.92. The van der Waals surface area contributed by atoms with Crippen LogP contribution in [0.3, 0.4) is 0 Å². The number of thiophene rings is 1. The van der Waals surface area contributed by atoms with Crippen molar-refractivity contribution in [3.8, 4) is 0 Å². The van der Waals surface area contributed by atoms with Gasteiger partial charge in [-0.3, -0.25) is 0 Å². The summed E-state index contributed by atoms with van der Waals surface area (Å²) in [7, 11) is -3.38. The first-order chi connectivity index (χ1) is 7.99. The highest BCUT2D eigenvalue weighted by molar-refractivity contribution is 7.91. The number of nitrogens with one attached hydrogen (secondary N) is 1. The van der Waals surface area contributed by atoms with Gasteiger partial charge in [-0.15, -0.1) is 11.3 Å². The predicted octanol–water partition coefficient (Wildman–Crippen LogP) is 1.60. The third-order valence-corrected chi connectivity index (χ3v) is 6.09. The van der Waals surface area contributed by atoms with Gasteiger partial charge in [0.2, 0.25) is 10.0 Å². The van der Waals surface area contributed by atoms with Crippen LogP contribution in [-0.4, -0.2) is 20.5 Å². The molecule has 3 N–H and O–H groups in total. The average molecular weight is 274 g/mol. The van der Waals surface area contributed by atoms with Gasteiger partial charge in [-0.25, -0.2) is 13.1 Å². The van der Waals surface area contributed by atoms with Crippen LogP contribution in [0.4, 0.5) is 0 Å². The zero-order valence-corrected chi connectivity index (χ0v) is 11.5. The molecule has 4 nitrogen and oxygen atoms in total. The van der Waals surface area contributed by atoms with E-state index in [2.05, 4.69) is 4.72 Å². The lowest BCUT2D eigenvalue weighted by Crippen LogP contribution is -2.49. The van der Waals surface area contributed by atoms with Gasteiger partial charge in [0.25, 0.3) is 0 Å². The minimum absolute atomic E-state index is 0.0559. The molecule has 0 bridgehead atoms. The van der Waals surface area contributed by atoms with Crippen LogP contribution in [0.1, 0.15) is 30.6 Å². The largest absolute Gasteiger partial charge is 0.326 e. The summed E-state index contributed by atoms with van der Waals surface area (Å²) >= 11 is 1.29. The molecule has 2 atom stereocenters. The number of hydrogen-bond acceptors (Lipinski definition) is 4. The molecule has 0 amide bonds. The van der Waals surface area contributed by atoms with Crippen LogP contribution in [0.25, 0.3) is 0 Å². The summed E-state index contributed by atoms with van der Waals surface area (Å²) in [5, 5.41) is 0. The fourth-order valence-corrected chi connectivity index (χ4v) is 4.74. The van der Waals surface area contributed by atoms with Gasteiger partial charge in [0, 0.05) is 17.0 Å². The molecule has 1 aromatic heterocycles. The van der Waals surface area contributed by atoms with E-state index in [9.17, 15) is 8.42 Å². The summed E-state index contributed by atoms with van der Waals surface area (Å²) in [5.74, 6) is 0. The SMILES string of the molecule is Cc1ccc(S(=O)(=O)NC2CCCCC2N)s1. The highest BCUT2D eigenvalue weighted by Crippen LogP contribution is 2.23. The molecule has 17 heavy (non-hydrogen) atoms. The van der Waals surface area contributed by atoms with E-state index in [1.165, 1.54) is 11.3 Å². The van der Waals surface area contributed by atoms with E-state index >= 15 is 0 Å². The lowest BCUT2D eigenvalue weighted by molar-refractivity contribution is 0.361. The Morgan fingerprint density at radius 2 is 2.06 bits per heavy atom.